The third kappa shape index (κ3) is 2.01. The van der Waals surface area contributed by atoms with Crippen molar-refractivity contribution in [2.24, 2.45) is 0 Å². The second-order valence-corrected chi connectivity index (χ2v) is 6.10. The molecule has 1 aliphatic heterocycles. The van der Waals surface area contributed by atoms with Crippen LogP contribution < -0.4 is 4.90 Å². The molecule has 0 fully saturated rings. The first-order valence-electron chi connectivity index (χ1n) is 6.66. The molecule has 0 aromatic heterocycles. The molecule has 0 unspecified atom stereocenters. The van der Waals surface area contributed by atoms with Crippen molar-refractivity contribution in [2.75, 3.05) is 4.90 Å². The van der Waals surface area contributed by atoms with Crippen LogP contribution in [0, 0.1) is 0 Å². The van der Waals surface area contributed by atoms with Crippen LogP contribution in [0.5, 0.6) is 0 Å². The van der Waals surface area contributed by atoms with Gasteiger partial charge in [-0.3, -0.25) is 4.79 Å². The predicted octanol–water partition coefficient (Wildman–Crippen LogP) is 4.16. The lowest BCUT2D eigenvalue weighted by atomic mass is 9.86. The summed E-state index contributed by atoms with van der Waals surface area (Å²) in [6.45, 7) is 4.54. The molecule has 0 saturated heterocycles. The maximum absolute atomic E-state index is 12.7. The van der Waals surface area contributed by atoms with E-state index in [1.807, 2.05) is 67.3 Å². The van der Waals surface area contributed by atoms with Gasteiger partial charge in [-0.25, -0.2) is 0 Å². The number of rotatable bonds is 2. The molecular weight excluding hydrogens is 270 g/mol. The van der Waals surface area contributed by atoms with Crippen LogP contribution in [0.4, 0.5) is 5.69 Å². The van der Waals surface area contributed by atoms with E-state index in [1.54, 1.807) is 0 Å². The Kier molecular flexibility index (Phi) is 3.06. The lowest BCUT2D eigenvalue weighted by Crippen LogP contribution is -2.35. The fraction of sp³-hybridized carbons (Fsp3) is 0.235. The third-order valence-electron chi connectivity index (χ3n) is 3.90. The summed E-state index contributed by atoms with van der Waals surface area (Å²) in [5.74, 6) is 0.147. The van der Waals surface area contributed by atoms with Gasteiger partial charge in [0.25, 0.3) is 0 Å². The largest absolute Gasteiger partial charge is 0.307 e. The van der Waals surface area contributed by atoms with E-state index in [4.69, 9.17) is 11.6 Å². The van der Waals surface area contributed by atoms with Gasteiger partial charge in [-0.05, 0) is 43.2 Å². The summed E-state index contributed by atoms with van der Waals surface area (Å²) >= 11 is 5.90. The number of carbonyl (C=O) groups is 1. The molecule has 102 valence electrons. The van der Waals surface area contributed by atoms with Gasteiger partial charge in [0.2, 0.25) is 5.91 Å². The smallest absolute Gasteiger partial charge is 0.237 e. The Hall–Kier alpha value is -1.80. The van der Waals surface area contributed by atoms with E-state index in [2.05, 4.69) is 0 Å². The average Bonchev–Trinajstić information content (AvgIpc) is 2.63. The highest BCUT2D eigenvalue weighted by Crippen LogP contribution is 2.41. The normalized spacial score (nSPS) is 16.4. The maximum atomic E-state index is 12.7. The van der Waals surface area contributed by atoms with Crippen molar-refractivity contribution in [3.05, 3.63) is 64.7 Å². The molecule has 0 spiro atoms. The van der Waals surface area contributed by atoms with E-state index in [0.717, 1.165) is 16.8 Å². The molecule has 0 atom stereocenters. The lowest BCUT2D eigenvalue weighted by molar-refractivity contribution is -0.122. The van der Waals surface area contributed by atoms with Crippen molar-refractivity contribution in [3.63, 3.8) is 0 Å². The summed E-state index contributed by atoms with van der Waals surface area (Å²) in [5.41, 5.74) is 2.73. The number of benzene rings is 2. The molecule has 3 rings (SSSR count). The standard InChI is InChI=1S/C17H16ClNO/c1-17(2)14-5-3-4-6-15(14)19(16(17)20)11-12-7-9-13(18)10-8-12/h3-10H,11H2,1-2H3. The van der Waals surface area contributed by atoms with Crippen molar-refractivity contribution in [1.82, 2.24) is 0 Å². The molecular formula is C17H16ClNO. The first-order valence-corrected chi connectivity index (χ1v) is 7.04. The quantitative estimate of drug-likeness (QED) is 0.811. The van der Waals surface area contributed by atoms with Crippen LogP contribution in [-0.4, -0.2) is 5.91 Å². The van der Waals surface area contributed by atoms with Crippen LogP contribution in [0.15, 0.2) is 48.5 Å². The minimum absolute atomic E-state index is 0.147. The molecule has 2 aromatic carbocycles. The summed E-state index contributed by atoms with van der Waals surface area (Å²) in [4.78, 5) is 14.5. The molecule has 3 heteroatoms. The number of fused-ring (bicyclic) bond motifs is 1. The summed E-state index contributed by atoms with van der Waals surface area (Å²) in [7, 11) is 0. The second-order valence-electron chi connectivity index (χ2n) is 5.66. The summed E-state index contributed by atoms with van der Waals surface area (Å²) in [5, 5.41) is 0.710. The van der Waals surface area contributed by atoms with E-state index in [1.165, 1.54) is 0 Å². The van der Waals surface area contributed by atoms with Gasteiger partial charge in [0.15, 0.2) is 0 Å². The van der Waals surface area contributed by atoms with Crippen molar-refractivity contribution in [3.8, 4) is 0 Å². The molecule has 1 heterocycles. The van der Waals surface area contributed by atoms with Crippen LogP contribution in [0.2, 0.25) is 5.02 Å². The van der Waals surface area contributed by atoms with E-state index >= 15 is 0 Å². The number of nitrogens with zero attached hydrogens (tertiary/aromatic N) is 1. The molecule has 0 aliphatic carbocycles. The van der Waals surface area contributed by atoms with Gasteiger partial charge in [0, 0.05) is 10.7 Å². The van der Waals surface area contributed by atoms with Gasteiger partial charge in [0.1, 0.15) is 0 Å². The van der Waals surface area contributed by atoms with Gasteiger partial charge >= 0.3 is 0 Å². The summed E-state index contributed by atoms with van der Waals surface area (Å²) in [6, 6.07) is 15.6. The fourth-order valence-electron chi connectivity index (χ4n) is 2.73. The molecule has 1 amide bonds. The number of hydrogen-bond donors (Lipinski definition) is 0. The van der Waals surface area contributed by atoms with E-state index < -0.39 is 5.41 Å². The molecule has 1 aliphatic rings. The van der Waals surface area contributed by atoms with Crippen LogP contribution >= 0.6 is 11.6 Å². The van der Waals surface area contributed by atoms with Gasteiger partial charge in [-0.2, -0.15) is 0 Å². The van der Waals surface area contributed by atoms with Crippen molar-refractivity contribution >= 4 is 23.2 Å². The second kappa shape index (κ2) is 4.64. The maximum Gasteiger partial charge on any atom is 0.237 e. The van der Waals surface area contributed by atoms with Crippen LogP contribution in [0.1, 0.15) is 25.0 Å². The molecule has 0 saturated carbocycles. The van der Waals surface area contributed by atoms with Crippen LogP contribution in [0.3, 0.4) is 0 Å². The SMILES string of the molecule is CC1(C)C(=O)N(Cc2ccc(Cl)cc2)c2ccccc21. The predicted molar refractivity (Wildman–Crippen MR) is 82.1 cm³/mol. The number of amides is 1. The number of para-hydroxylation sites is 1. The topological polar surface area (TPSA) is 20.3 Å². The molecule has 0 N–H and O–H groups in total. The minimum Gasteiger partial charge on any atom is -0.307 e. The monoisotopic (exact) mass is 285 g/mol. The zero-order chi connectivity index (χ0) is 14.3. The number of anilines is 1. The van der Waals surface area contributed by atoms with Crippen molar-refractivity contribution in [2.45, 2.75) is 25.8 Å². The van der Waals surface area contributed by atoms with Crippen LogP contribution in [-0.2, 0) is 16.8 Å². The summed E-state index contributed by atoms with van der Waals surface area (Å²) in [6.07, 6.45) is 0. The Bertz CT molecular complexity index is 661. The average molecular weight is 286 g/mol. The first-order chi connectivity index (χ1) is 9.50. The van der Waals surface area contributed by atoms with E-state index in [9.17, 15) is 4.79 Å². The van der Waals surface area contributed by atoms with Gasteiger partial charge in [0.05, 0.1) is 12.0 Å². The number of carbonyl (C=O) groups excluding carboxylic acids is 1. The Labute approximate surface area is 124 Å². The Morgan fingerprint density at radius 3 is 2.40 bits per heavy atom. The Morgan fingerprint density at radius 2 is 1.70 bits per heavy atom. The number of hydrogen-bond acceptors (Lipinski definition) is 1. The highest BCUT2D eigenvalue weighted by atomic mass is 35.5. The van der Waals surface area contributed by atoms with Gasteiger partial charge < -0.3 is 4.90 Å². The highest BCUT2D eigenvalue weighted by molar-refractivity contribution is 6.30. The number of halogens is 1. The highest BCUT2D eigenvalue weighted by Gasteiger charge is 2.43. The molecule has 2 aromatic rings. The molecule has 0 radical (unpaired) electrons. The zero-order valence-electron chi connectivity index (χ0n) is 11.6. The fourth-order valence-corrected chi connectivity index (χ4v) is 2.85. The van der Waals surface area contributed by atoms with Crippen molar-refractivity contribution < 1.29 is 4.79 Å². The third-order valence-corrected chi connectivity index (χ3v) is 4.15. The molecule has 2 nitrogen and oxygen atoms in total. The lowest BCUT2D eigenvalue weighted by Gasteiger charge is -2.20. The van der Waals surface area contributed by atoms with Crippen molar-refractivity contribution in [1.29, 1.82) is 0 Å². The van der Waals surface area contributed by atoms with Crippen LogP contribution in [0.25, 0.3) is 0 Å². The minimum atomic E-state index is -0.455. The van der Waals surface area contributed by atoms with Gasteiger partial charge in [-0.1, -0.05) is 41.9 Å². The molecule has 20 heavy (non-hydrogen) atoms. The Balaban J connectivity index is 1.98. The molecule has 0 bridgehead atoms. The zero-order valence-corrected chi connectivity index (χ0v) is 12.3. The first kappa shape index (κ1) is 13.2. The Morgan fingerprint density at radius 1 is 1.05 bits per heavy atom. The van der Waals surface area contributed by atoms with Gasteiger partial charge in [-0.15, -0.1) is 0 Å². The van der Waals surface area contributed by atoms with E-state index in [-0.39, 0.29) is 5.91 Å². The summed E-state index contributed by atoms with van der Waals surface area (Å²) < 4.78 is 0. The van der Waals surface area contributed by atoms with E-state index in [0.29, 0.717) is 11.6 Å².